The van der Waals surface area contributed by atoms with Crippen LogP contribution in [0.25, 0.3) is 0 Å². The highest BCUT2D eigenvalue weighted by molar-refractivity contribution is 6.31. The van der Waals surface area contributed by atoms with Gasteiger partial charge in [-0.15, -0.1) is 0 Å². The van der Waals surface area contributed by atoms with Gasteiger partial charge in [0.25, 0.3) is 0 Å². The van der Waals surface area contributed by atoms with Crippen molar-refractivity contribution in [1.29, 1.82) is 0 Å². The van der Waals surface area contributed by atoms with Crippen LogP contribution in [0.4, 0.5) is 9.18 Å². The number of carbonyl (C=O) groups is 1. The Morgan fingerprint density at radius 3 is 2.72 bits per heavy atom. The topological polar surface area (TPSA) is 51.0 Å². The van der Waals surface area contributed by atoms with Crippen LogP contribution >= 0.6 is 11.6 Å². The summed E-state index contributed by atoms with van der Waals surface area (Å²) >= 11 is 5.72. The molecule has 98 valence electrons. The second kappa shape index (κ2) is 5.91. The molecule has 0 N–H and O–H groups in total. The summed E-state index contributed by atoms with van der Waals surface area (Å²) < 4.78 is 18.0. The molecular weight excluding hydrogens is 259 g/mol. The number of halogens is 2. The van der Waals surface area contributed by atoms with E-state index >= 15 is 0 Å². The van der Waals surface area contributed by atoms with E-state index in [4.69, 9.17) is 16.3 Å². The molecule has 0 bridgehead atoms. The van der Waals surface area contributed by atoms with Gasteiger partial charge in [0.15, 0.2) is 0 Å². The standard InChI is InChI=1S/C12H14ClFN2O2/c1-12(2,3)18-11(17)16-15-7-8-5-4-6-9(14)10(8)13/h4-6H,7H2,1-3H3. The molecule has 18 heavy (non-hydrogen) atoms. The summed E-state index contributed by atoms with van der Waals surface area (Å²) in [6, 6.07) is 4.37. The SMILES string of the molecule is CC(C)(C)OC(=O)N=NCc1cccc(F)c1Cl. The molecule has 0 spiro atoms. The average Bonchev–Trinajstić information content (AvgIpc) is 2.21. The number of nitrogens with zero attached hydrogens (tertiary/aromatic N) is 2. The van der Waals surface area contributed by atoms with Gasteiger partial charge in [0.1, 0.15) is 11.4 Å². The third-order valence-electron chi connectivity index (χ3n) is 1.82. The molecule has 0 heterocycles. The molecule has 0 atom stereocenters. The summed E-state index contributed by atoms with van der Waals surface area (Å²) in [6.07, 6.45) is -0.782. The van der Waals surface area contributed by atoms with Crippen LogP contribution in [0.15, 0.2) is 28.4 Å². The highest BCUT2D eigenvalue weighted by Crippen LogP contribution is 2.20. The van der Waals surface area contributed by atoms with E-state index in [1.165, 1.54) is 12.1 Å². The Morgan fingerprint density at radius 2 is 2.11 bits per heavy atom. The number of carbonyl (C=O) groups excluding carboxylic acids is 1. The van der Waals surface area contributed by atoms with Crippen LogP contribution in [0.1, 0.15) is 26.3 Å². The summed E-state index contributed by atoms with van der Waals surface area (Å²) in [6.45, 7) is 5.20. The maximum absolute atomic E-state index is 13.1. The second-order valence-corrected chi connectivity index (χ2v) is 4.97. The quantitative estimate of drug-likeness (QED) is 0.751. The third-order valence-corrected chi connectivity index (χ3v) is 2.24. The van der Waals surface area contributed by atoms with Crippen molar-refractivity contribution in [3.63, 3.8) is 0 Å². The number of hydrogen-bond donors (Lipinski definition) is 0. The predicted molar refractivity (Wildman–Crippen MR) is 66.2 cm³/mol. The minimum absolute atomic E-state index is 0.0133. The number of hydrogen-bond acceptors (Lipinski definition) is 3. The fourth-order valence-corrected chi connectivity index (χ4v) is 1.31. The van der Waals surface area contributed by atoms with E-state index in [-0.39, 0.29) is 11.6 Å². The van der Waals surface area contributed by atoms with E-state index < -0.39 is 17.5 Å². The van der Waals surface area contributed by atoms with Gasteiger partial charge in [0.05, 0.1) is 11.6 Å². The summed E-state index contributed by atoms with van der Waals surface area (Å²) in [5.41, 5.74) is -0.156. The van der Waals surface area contributed by atoms with Crippen molar-refractivity contribution in [2.75, 3.05) is 0 Å². The van der Waals surface area contributed by atoms with E-state index in [9.17, 15) is 9.18 Å². The lowest BCUT2D eigenvalue weighted by Gasteiger charge is -2.16. The summed E-state index contributed by atoms with van der Waals surface area (Å²) in [5.74, 6) is -0.526. The minimum atomic E-state index is -0.782. The molecular formula is C12H14ClFN2O2. The summed E-state index contributed by atoms with van der Waals surface area (Å²) in [5, 5.41) is 6.97. The van der Waals surface area contributed by atoms with Crippen LogP contribution in [0.3, 0.4) is 0 Å². The highest BCUT2D eigenvalue weighted by atomic mass is 35.5. The van der Waals surface area contributed by atoms with Crippen LogP contribution in [0, 0.1) is 5.82 Å². The average molecular weight is 273 g/mol. The normalized spacial score (nSPS) is 11.8. The fraction of sp³-hybridized carbons (Fsp3) is 0.417. The first-order chi connectivity index (χ1) is 8.29. The van der Waals surface area contributed by atoms with Gasteiger partial charge in [-0.2, -0.15) is 5.11 Å². The van der Waals surface area contributed by atoms with Crippen LogP contribution in [0.2, 0.25) is 5.02 Å². The zero-order valence-corrected chi connectivity index (χ0v) is 11.2. The Labute approximate surface area is 110 Å². The van der Waals surface area contributed by atoms with Gasteiger partial charge in [0, 0.05) is 0 Å². The maximum Gasteiger partial charge on any atom is 0.452 e. The molecule has 0 radical (unpaired) electrons. The van der Waals surface area contributed by atoms with Gasteiger partial charge >= 0.3 is 6.09 Å². The van der Waals surface area contributed by atoms with Crippen molar-refractivity contribution >= 4 is 17.7 Å². The lowest BCUT2D eigenvalue weighted by atomic mass is 10.2. The molecule has 0 aliphatic heterocycles. The highest BCUT2D eigenvalue weighted by Gasteiger charge is 2.15. The van der Waals surface area contributed by atoms with Gasteiger partial charge in [-0.05, 0) is 32.4 Å². The van der Waals surface area contributed by atoms with Crippen molar-refractivity contribution in [1.82, 2.24) is 0 Å². The molecule has 0 aliphatic rings. The van der Waals surface area contributed by atoms with Crippen LogP contribution in [0.5, 0.6) is 0 Å². The Morgan fingerprint density at radius 1 is 1.44 bits per heavy atom. The van der Waals surface area contributed by atoms with Crippen molar-refractivity contribution in [2.24, 2.45) is 10.2 Å². The molecule has 0 aliphatic carbocycles. The van der Waals surface area contributed by atoms with Crippen molar-refractivity contribution < 1.29 is 13.9 Å². The number of amides is 1. The molecule has 6 heteroatoms. The second-order valence-electron chi connectivity index (χ2n) is 4.59. The van der Waals surface area contributed by atoms with Crippen molar-refractivity contribution in [3.8, 4) is 0 Å². The van der Waals surface area contributed by atoms with Crippen molar-refractivity contribution in [2.45, 2.75) is 32.9 Å². The van der Waals surface area contributed by atoms with E-state index in [1.807, 2.05) is 0 Å². The van der Waals surface area contributed by atoms with Gasteiger partial charge < -0.3 is 4.74 Å². The van der Waals surface area contributed by atoms with Gasteiger partial charge in [-0.1, -0.05) is 28.8 Å². The molecule has 1 rings (SSSR count). The Kier molecular flexibility index (Phi) is 4.78. The molecule has 4 nitrogen and oxygen atoms in total. The van der Waals surface area contributed by atoms with Gasteiger partial charge in [0.2, 0.25) is 0 Å². The largest absolute Gasteiger partial charge is 0.452 e. The van der Waals surface area contributed by atoms with E-state index in [0.29, 0.717) is 5.56 Å². The Balaban J connectivity index is 2.60. The number of rotatable bonds is 2. The lowest BCUT2D eigenvalue weighted by molar-refractivity contribution is 0.0589. The van der Waals surface area contributed by atoms with Crippen molar-refractivity contribution in [3.05, 3.63) is 34.6 Å². The van der Waals surface area contributed by atoms with Crippen LogP contribution in [-0.4, -0.2) is 11.7 Å². The van der Waals surface area contributed by atoms with Gasteiger partial charge in [-0.3, -0.25) is 0 Å². The van der Waals surface area contributed by atoms with Gasteiger partial charge in [-0.25, -0.2) is 9.18 Å². The number of benzene rings is 1. The predicted octanol–water partition coefficient (Wildman–Crippen LogP) is 4.37. The minimum Gasteiger partial charge on any atom is -0.441 e. The molecule has 0 fully saturated rings. The van der Waals surface area contributed by atoms with E-state index in [2.05, 4.69) is 10.2 Å². The molecule has 1 amide bonds. The Hall–Kier alpha value is -1.49. The molecule has 0 unspecified atom stereocenters. The van der Waals surface area contributed by atoms with Crippen LogP contribution < -0.4 is 0 Å². The Bertz CT molecular complexity index is 470. The molecule has 1 aromatic carbocycles. The molecule has 0 saturated carbocycles. The monoisotopic (exact) mass is 272 g/mol. The summed E-state index contributed by atoms with van der Waals surface area (Å²) in [7, 11) is 0. The first-order valence-electron chi connectivity index (χ1n) is 5.33. The zero-order valence-electron chi connectivity index (χ0n) is 10.4. The number of azo groups is 1. The lowest BCUT2D eigenvalue weighted by Crippen LogP contribution is -2.21. The molecule has 1 aromatic rings. The van der Waals surface area contributed by atoms with Crippen LogP contribution in [-0.2, 0) is 11.3 Å². The van der Waals surface area contributed by atoms with E-state index in [0.717, 1.165) is 0 Å². The maximum atomic E-state index is 13.1. The fourth-order valence-electron chi connectivity index (χ4n) is 1.12. The number of ether oxygens (including phenoxy) is 1. The molecule has 0 aromatic heterocycles. The zero-order chi connectivity index (χ0) is 13.8. The smallest absolute Gasteiger partial charge is 0.441 e. The third kappa shape index (κ3) is 4.79. The summed E-state index contributed by atoms with van der Waals surface area (Å²) in [4.78, 5) is 11.2. The first kappa shape index (κ1) is 14.6. The van der Waals surface area contributed by atoms with E-state index in [1.54, 1.807) is 26.8 Å². The first-order valence-corrected chi connectivity index (χ1v) is 5.71. The molecule has 0 saturated heterocycles.